The van der Waals surface area contributed by atoms with Crippen molar-refractivity contribution >= 4 is 17.3 Å². The minimum absolute atomic E-state index is 0.792. The molecule has 1 rings (SSSR count). The van der Waals surface area contributed by atoms with Crippen LogP contribution in [-0.2, 0) is 13.6 Å². The minimum Gasteiger partial charge on any atom is -0.363 e. The lowest BCUT2D eigenvalue weighted by Crippen LogP contribution is -2.36. The fourth-order valence-corrected chi connectivity index (χ4v) is 1.43. The van der Waals surface area contributed by atoms with E-state index < -0.39 is 0 Å². The topological polar surface area (TPSA) is 33.1 Å². The van der Waals surface area contributed by atoms with Crippen molar-refractivity contribution in [3.63, 3.8) is 0 Å². The van der Waals surface area contributed by atoms with Gasteiger partial charge >= 0.3 is 0 Å². The van der Waals surface area contributed by atoms with Gasteiger partial charge in [-0.2, -0.15) is 5.10 Å². The Morgan fingerprint density at radius 2 is 2.40 bits per heavy atom. The summed E-state index contributed by atoms with van der Waals surface area (Å²) in [4.78, 5) is 2.02. The number of thiocarbonyl (C=S) groups is 1. The zero-order chi connectivity index (χ0) is 11.3. The first-order valence-electron chi connectivity index (χ1n) is 5.10. The fraction of sp³-hybridized carbons (Fsp3) is 0.600. The Kier molecular flexibility index (Phi) is 4.55. The van der Waals surface area contributed by atoms with Crippen molar-refractivity contribution in [1.82, 2.24) is 20.0 Å². The second-order valence-corrected chi connectivity index (χ2v) is 4.00. The van der Waals surface area contributed by atoms with E-state index in [1.54, 1.807) is 4.68 Å². The Morgan fingerprint density at radius 1 is 1.67 bits per heavy atom. The molecule has 4 nitrogen and oxygen atoms in total. The van der Waals surface area contributed by atoms with E-state index >= 15 is 0 Å². The van der Waals surface area contributed by atoms with Crippen LogP contribution in [0.25, 0.3) is 0 Å². The molecule has 0 aliphatic heterocycles. The van der Waals surface area contributed by atoms with Crippen LogP contribution in [0.5, 0.6) is 0 Å². The van der Waals surface area contributed by atoms with Crippen molar-refractivity contribution in [2.45, 2.75) is 19.9 Å². The van der Waals surface area contributed by atoms with Crippen LogP contribution in [0, 0.1) is 0 Å². The highest BCUT2D eigenvalue weighted by atomic mass is 32.1. The predicted molar refractivity (Wildman–Crippen MR) is 65.6 cm³/mol. The number of nitrogens with one attached hydrogen (secondary N) is 1. The third-order valence-electron chi connectivity index (χ3n) is 2.05. The van der Waals surface area contributed by atoms with Crippen LogP contribution in [0.1, 0.15) is 18.9 Å². The Bertz CT molecular complexity index is 321. The van der Waals surface area contributed by atoms with Crippen LogP contribution in [0.15, 0.2) is 12.4 Å². The maximum absolute atomic E-state index is 5.24. The maximum Gasteiger partial charge on any atom is 0.168 e. The van der Waals surface area contributed by atoms with Gasteiger partial charge in [-0.25, -0.2) is 0 Å². The second-order valence-electron chi connectivity index (χ2n) is 3.61. The van der Waals surface area contributed by atoms with E-state index in [1.807, 2.05) is 31.4 Å². The lowest BCUT2D eigenvalue weighted by Gasteiger charge is -2.19. The van der Waals surface area contributed by atoms with Gasteiger partial charge in [-0.15, -0.1) is 0 Å². The number of rotatable bonds is 4. The monoisotopic (exact) mass is 226 g/mol. The van der Waals surface area contributed by atoms with Gasteiger partial charge in [0.05, 0.1) is 6.20 Å². The van der Waals surface area contributed by atoms with E-state index in [-0.39, 0.29) is 0 Å². The summed E-state index contributed by atoms with van der Waals surface area (Å²) in [5.41, 5.74) is 1.17. The molecule has 1 heterocycles. The molecule has 0 fully saturated rings. The largest absolute Gasteiger partial charge is 0.363 e. The molecule has 0 spiro atoms. The van der Waals surface area contributed by atoms with Crippen molar-refractivity contribution in [3.05, 3.63) is 18.0 Å². The number of hydrogen-bond acceptors (Lipinski definition) is 2. The molecule has 1 N–H and O–H groups in total. The van der Waals surface area contributed by atoms with Gasteiger partial charge in [0.15, 0.2) is 5.11 Å². The molecule has 0 unspecified atom stereocenters. The lowest BCUT2D eigenvalue weighted by atomic mass is 10.3. The molecule has 5 heteroatoms. The van der Waals surface area contributed by atoms with E-state index in [4.69, 9.17) is 12.2 Å². The molecule has 15 heavy (non-hydrogen) atoms. The van der Waals surface area contributed by atoms with Gasteiger partial charge in [0, 0.05) is 38.9 Å². The van der Waals surface area contributed by atoms with Gasteiger partial charge in [-0.3, -0.25) is 4.68 Å². The molecule has 0 aromatic carbocycles. The lowest BCUT2D eigenvalue weighted by molar-refractivity contribution is 0.488. The Balaban J connectivity index is 2.41. The number of aromatic nitrogens is 2. The average Bonchev–Trinajstić information content (AvgIpc) is 2.60. The predicted octanol–water partition coefficient (Wildman–Crippen LogP) is 1.14. The highest BCUT2D eigenvalue weighted by molar-refractivity contribution is 7.80. The molecule has 1 aromatic heterocycles. The Labute approximate surface area is 96.3 Å². The maximum atomic E-state index is 5.24. The third kappa shape index (κ3) is 3.87. The fourth-order valence-electron chi connectivity index (χ4n) is 1.27. The molecule has 84 valence electrons. The van der Waals surface area contributed by atoms with Crippen molar-refractivity contribution in [2.75, 3.05) is 13.6 Å². The van der Waals surface area contributed by atoms with Crippen LogP contribution in [0.3, 0.4) is 0 Å². The SMILES string of the molecule is CCCNC(=S)N(C)Cc1cnn(C)c1. The van der Waals surface area contributed by atoms with Crippen LogP contribution in [0.4, 0.5) is 0 Å². The molecule has 0 aliphatic rings. The summed E-state index contributed by atoms with van der Waals surface area (Å²) in [6.45, 7) is 3.84. The quantitative estimate of drug-likeness (QED) is 0.780. The summed E-state index contributed by atoms with van der Waals surface area (Å²) in [5.74, 6) is 0. The molecule has 0 radical (unpaired) electrons. The summed E-state index contributed by atoms with van der Waals surface area (Å²) >= 11 is 5.24. The summed E-state index contributed by atoms with van der Waals surface area (Å²) in [7, 11) is 3.90. The highest BCUT2D eigenvalue weighted by Crippen LogP contribution is 2.01. The van der Waals surface area contributed by atoms with Gasteiger partial charge in [-0.1, -0.05) is 6.92 Å². The summed E-state index contributed by atoms with van der Waals surface area (Å²) < 4.78 is 1.80. The van der Waals surface area contributed by atoms with Gasteiger partial charge in [0.25, 0.3) is 0 Å². The zero-order valence-corrected chi connectivity index (χ0v) is 10.3. The first-order valence-corrected chi connectivity index (χ1v) is 5.50. The molecule has 1 aromatic rings. The number of hydrogen-bond donors (Lipinski definition) is 1. The van der Waals surface area contributed by atoms with Crippen LogP contribution >= 0.6 is 12.2 Å². The first kappa shape index (κ1) is 12.0. The van der Waals surface area contributed by atoms with E-state index in [1.165, 1.54) is 5.56 Å². The molecule has 0 aliphatic carbocycles. The minimum atomic E-state index is 0.792. The summed E-state index contributed by atoms with van der Waals surface area (Å²) in [6.07, 6.45) is 4.94. The van der Waals surface area contributed by atoms with Gasteiger partial charge in [-0.05, 0) is 18.6 Å². The smallest absolute Gasteiger partial charge is 0.168 e. The average molecular weight is 226 g/mol. The van der Waals surface area contributed by atoms with E-state index in [9.17, 15) is 0 Å². The van der Waals surface area contributed by atoms with Crippen LogP contribution in [-0.4, -0.2) is 33.4 Å². The molecule has 0 amide bonds. The van der Waals surface area contributed by atoms with E-state index in [2.05, 4.69) is 17.3 Å². The van der Waals surface area contributed by atoms with Crippen molar-refractivity contribution < 1.29 is 0 Å². The normalized spacial score (nSPS) is 10.1. The van der Waals surface area contributed by atoms with Crippen molar-refractivity contribution in [1.29, 1.82) is 0 Å². The standard InChI is InChI=1S/C10H18N4S/c1-4-5-11-10(15)13(2)7-9-6-12-14(3)8-9/h6,8H,4-5,7H2,1-3H3,(H,11,15). The molecule has 0 saturated carbocycles. The summed E-state index contributed by atoms with van der Waals surface area (Å²) in [5, 5.41) is 8.10. The first-order chi connectivity index (χ1) is 7.13. The van der Waals surface area contributed by atoms with Crippen LogP contribution in [0.2, 0.25) is 0 Å². The van der Waals surface area contributed by atoms with Crippen molar-refractivity contribution in [2.24, 2.45) is 7.05 Å². The summed E-state index contributed by atoms with van der Waals surface area (Å²) in [6, 6.07) is 0. The molecule has 0 saturated heterocycles. The van der Waals surface area contributed by atoms with Gasteiger partial charge < -0.3 is 10.2 Å². The molecular weight excluding hydrogens is 208 g/mol. The number of aryl methyl sites for hydroxylation is 1. The van der Waals surface area contributed by atoms with E-state index in [0.29, 0.717) is 0 Å². The van der Waals surface area contributed by atoms with Gasteiger partial charge in [0.1, 0.15) is 0 Å². The molecule has 0 bridgehead atoms. The Hall–Kier alpha value is -1.10. The number of nitrogens with zero attached hydrogens (tertiary/aromatic N) is 3. The Morgan fingerprint density at radius 3 is 2.93 bits per heavy atom. The second kappa shape index (κ2) is 5.70. The van der Waals surface area contributed by atoms with Gasteiger partial charge in [0.2, 0.25) is 0 Å². The van der Waals surface area contributed by atoms with E-state index in [0.717, 1.165) is 24.6 Å². The molecular formula is C10H18N4S. The van der Waals surface area contributed by atoms with Crippen LogP contribution < -0.4 is 5.32 Å². The molecule has 0 atom stereocenters. The van der Waals surface area contributed by atoms with Crippen molar-refractivity contribution in [3.8, 4) is 0 Å². The highest BCUT2D eigenvalue weighted by Gasteiger charge is 2.05. The zero-order valence-electron chi connectivity index (χ0n) is 9.53. The third-order valence-corrected chi connectivity index (χ3v) is 2.51.